The summed E-state index contributed by atoms with van der Waals surface area (Å²) in [4.78, 5) is 11.9. The normalized spacial score (nSPS) is 10.5. The van der Waals surface area contributed by atoms with Crippen LogP contribution in [-0.2, 0) is 22.6 Å². The van der Waals surface area contributed by atoms with E-state index in [1.54, 1.807) is 6.20 Å². The highest BCUT2D eigenvalue weighted by Gasteiger charge is 2.07. The second kappa shape index (κ2) is 7.93. The molecular formula is C19H17BrN2O2. The molecule has 0 bridgehead atoms. The van der Waals surface area contributed by atoms with Crippen LogP contribution in [0.25, 0.3) is 5.69 Å². The molecule has 3 rings (SSSR count). The summed E-state index contributed by atoms with van der Waals surface area (Å²) in [7, 11) is 0. The van der Waals surface area contributed by atoms with E-state index >= 15 is 0 Å². The summed E-state index contributed by atoms with van der Waals surface area (Å²) in [5, 5.41) is 4.33. The second-order valence-electron chi connectivity index (χ2n) is 5.42. The number of aryl methyl sites for hydroxylation is 1. The summed E-state index contributed by atoms with van der Waals surface area (Å²) in [6.45, 7) is 0.301. The number of esters is 1. The number of aromatic nitrogens is 2. The van der Waals surface area contributed by atoms with Crippen LogP contribution in [0.15, 0.2) is 71.5 Å². The maximum Gasteiger partial charge on any atom is 0.306 e. The fourth-order valence-electron chi connectivity index (χ4n) is 2.27. The van der Waals surface area contributed by atoms with Crippen LogP contribution >= 0.6 is 15.9 Å². The van der Waals surface area contributed by atoms with E-state index in [1.165, 1.54) is 0 Å². The van der Waals surface area contributed by atoms with Gasteiger partial charge in [0.15, 0.2) is 0 Å². The van der Waals surface area contributed by atoms with Gasteiger partial charge in [0, 0.05) is 17.1 Å². The standard InChI is InChI=1S/C19H17BrN2O2/c20-17-9-6-15(7-10-17)14-24-19(23)11-8-16-12-21-22(13-16)18-4-2-1-3-5-18/h1-7,9-10,12-13H,8,11,14H2. The second-order valence-corrected chi connectivity index (χ2v) is 6.33. The van der Waals surface area contributed by atoms with Gasteiger partial charge in [-0.2, -0.15) is 5.10 Å². The molecule has 0 saturated heterocycles. The molecule has 1 heterocycles. The Morgan fingerprint density at radius 2 is 1.79 bits per heavy atom. The summed E-state index contributed by atoms with van der Waals surface area (Å²) in [5.74, 6) is -0.203. The third-order valence-corrected chi connectivity index (χ3v) is 4.12. The number of hydrogen-bond acceptors (Lipinski definition) is 3. The van der Waals surface area contributed by atoms with Gasteiger partial charge in [0.25, 0.3) is 0 Å². The molecule has 0 fully saturated rings. The molecule has 0 radical (unpaired) electrons. The van der Waals surface area contributed by atoms with Crippen LogP contribution in [0.4, 0.5) is 0 Å². The number of carbonyl (C=O) groups excluding carboxylic acids is 1. The number of ether oxygens (including phenoxy) is 1. The Hall–Kier alpha value is -2.40. The molecule has 0 aliphatic rings. The van der Waals surface area contributed by atoms with Gasteiger partial charge >= 0.3 is 5.97 Å². The van der Waals surface area contributed by atoms with Gasteiger partial charge < -0.3 is 4.74 Å². The monoisotopic (exact) mass is 384 g/mol. The molecule has 4 nitrogen and oxygen atoms in total. The first-order valence-electron chi connectivity index (χ1n) is 7.70. The molecule has 0 N–H and O–H groups in total. The van der Waals surface area contributed by atoms with Gasteiger partial charge in [-0.1, -0.05) is 46.3 Å². The molecule has 0 aliphatic carbocycles. The van der Waals surface area contributed by atoms with E-state index in [0.29, 0.717) is 19.4 Å². The van der Waals surface area contributed by atoms with Crippen molar-refractivity contribution in [1.29, 1.82) is 0 Å². The molecule has 0 atom stereocenters. The van der Waals surface area contributed by atoms with Gasteiger partial charge in [-0.25, -0.2) is 4.68 Å². The number of carbonyl (C=O) groups is 1. The van der Waals surface area contributed by atoms with Crippen LogP contribution in [0.3, 0.4) is 0 Å². The average Bonchev–Trinajstić information content (AvgIpc) is 3.09. The molecule has 0 saturated carbocycles. The van der Waals surface area contributed by atoms with E-state index in [0.717, 1.165) is 21.3 Å². The van der Waals surface area contributed by atoms with Crippen LogP contribution in [0.2, 0.25) is 0 Å². The van der Waals surface area contributed by atoms with Crippen molar-refractivity contribution in [2.75, 3.05) is 0 Å². The zero-order valence-corrected chi connectivity index (χ0v) is 14.6. The summed E-state index contributed by atoms with van der Waals surface area (Å²) in [5.41, 5.74) is 2.99. The topological polar surface area (TPSA) is 44.1 Å². The number of halogens is 1. The summed E-state index contributed by atoms with van der Waals surface area (Å²) >= 11 is 3.38. The summed E-state index contributed by atoms with van der Waals surface area (Å²) in [6, 6.07) is 17.6. The molecular weight excluding hydrogens is 368 g/mol. The van der Waals surface area contributed by atoms with Crippen molar-refractivity contribution < 1.29 is 9.53 Å². The van der Waals surface area contributed by atoms with Gasteiger partial charge in [-0.05, 0) is 41.8 Å². The summed E-state index contributed by atoms with van der Waals surface area (Å²) < 4.78 is 8.12. The first-order chi connectivity index (χ1) is 11.7. The zero-order valence-electron chi connectivity index (χ0n) is 13.1. The largest absolute Gasteiger partial charge is 0.461 e. The van der Waals surface area contributed by atoms with Crippen LogP contribution in [0.1, 0.15) is 17.5 Å². The fourth-order valence-corrected chi connectivity index (χ4v) is 2.54. The molecule has 0 amide bonds. The lowest BCUT2D eigenvalue weighted by atomic mass is 10.2. The zero-order chi connectivity index (χ0) is 16.8. The van der Waals surface area contributed by atoms with E-state index in [4.69, 9.17) is 4.74 Å². The minimum atomic E-state index is -0.203. The van der Waals surface area contributed by atoms with Crippen LogP contribution < -0.4 is 0 Å². The average molecular weight is 385 g/mol. The molecule has 3 aromatic rings. The van der Waals surface area contributed by atoms with E-state index in [9.17, 15) is 4.79 Å². The van der Waals surface area contributed by atoms with Crippen molar-refractivity contribution >= 4 is 21.9 Å². The maximum atomic E-state index is 11.9. The first-order valence-corrected chi connectivity index (χ1v) is 8.49. The molecule has 122 valence electrons. The van der Waals surface area contributed by atoms with Crippen LogP contribution in [0.5, 0.6) is 0 Å². The quantitative estimate of drug-likeness (QED) is 0.594. The number of rotatable bonds is 6. The number of benzene rings is 2. The Bertz CT molecular complexity index is 798. The van der Waals surface area contributed by atoms with Gasteiger partial charge in [0.2, 0.25) is 0 Å². The van der Waals surface area contributed by atoms with Gasteiger partial charge in [0.05, 0.1) is 11.9 Å². The predicted octanol–water partition coefficient (Wildman–Crippen LogP) is 4.31. The Morgan fingerprint density at radius 3 is 2.54 bits per heavy atom. The Morgan fingerprint density at radius 1 is 1.04 bits per heavy atom. The smallest absolute Gasteiger partial charge is 0.306 e. The lowest BCUT2D eigenvalue weighted by Gasteiger charge is -2.04. The van der Waals surface area contributed by atoms with Crippen molar-refractivity contribution in [2.45, 2.75) is 19.4 Å². The maximum absolute atomic E-state index is 11.9. The fraction of sp³-hybridized carbons (Fsp3) is 0.158. The Labute approximate surface area is 149 Å². The number of hydrogen-bond donors (Lipinski definition) is 0. The van der Waals surface area contributed by atoms with Crippen LogP contribution in [0, 0.1) is 0 Å². The lowest BCUT2D eigenvalue weighted by Crippen LogP contribution is -2.05. The van der Waals surface area contributed by atoms with Crippen molar-refractivity contribution in [3.05, 3.63) is 82.6 Å². The van der Waals surface area contributed by atoms with Gasteiger partial charge in [-0.15, -0.1) is 0 Å². The minimum absolute atomic E-state index is 0.203. The predicted molar refractivity (Wildman–Crippen MR) is 95.8 cm³/mol. The molecule has 0 spiro atoms. The van der Waals surface area contributed by atoms with E-state index in [2.05, 4.69) is 21.0 Å². The third-order valence-electron chi connectivity index (χ3n) is 3.59. The van der Waals surface area contributed by atoms with E-state index in [-0.39, 0.29) is 5.97 Å². The van der Waals surface area contributed by atoms with Crippen molar-refractivity contribution in [3.63, 3.8) is 0 Å². The van der Waals surface area contributed by atoms with Crippen molar-refractivity contribution in [3.8, 4) is 5.69 Å². The molecule has 0 unspecified atom stereocenters. The number of nitrogens with zero attached hydrogens (tertiary/aromatic N) is 2. The minimum Gasteiger partial charge on any atom is -0.461 e. The Kier molecular flexibility index (Phi) is 5.43. The first kappa shape index (κ1) is 16.5. The molecule has 5 heteroatoms. The highest BCUT2D eigenvalue weighted by atomic mass is 79.9. The molecule has 1 aromatic heterocycles. The Balaban J connectivity index is 1.48. The van der Waals surface area contributed by atoms with E-state index < -0.39 is 0 Å². The van der Waals surface area contributed by atoms with Crippen LogP contribution in [-0.4, -0.2) is 15.7 Å². The van der Waals surface area contributed by atoms with Crippen molar-refractivity contribution in [2.24, 2.45) is 0 Å². The summed E-state index contributed by atoms with van der Waals surface area (Å²) in [6.07, 6.45) is 4.69. The van der Waals surface area contributed by atoms with Crippen molar-refractivity contribution in [1.82, 2.24) is 9.78 Å². The molecule has 2 aromatic carbocycles. The van der Waals surface area contributed by atoms with Gasteiger partial charge in [0.1, 0.15) is 6.61 Å². The third kappa shape index (κ3) is 4.55. The number of para-hydroxylation sites is 1. The highest BCUT2D eigenvalue weighted by Crippen LogP contribution is 2.12. The van der Waals surface area contributed by atoms with Gasteiger partial charge in [-0.3, -0.25) is 4.79 Å². The van der Waals surface area contributed by atoms with E-state index in [1.807, 2.05) is 65.5 Å². The molecule has 0 aliphatic heterocycles. The lowest BCUT2D eigenvalue weighted by molar-refractivity contribution is -0.144. The SMILES string of the molecule is O=C(CCc1cnn(-c2ccccc2)c1)OCc1ccc(Br)cc1. The molecule has 24 heavy (non-hydrogen) atoms. The highest BCUT2D eigenvalue weighted by molar-refractivity contribution is 9.10.